The molecule has 1 aliphatic carbocycles. The predicted molar refractivity (Wildman–Crippen MR) is 78.5 cm³/mol. The van der Waals surface area contributed by atoms with Crippen LogP contribution in [0.3, 0.4) is 0 Å². The maximum absolute atomic E-state index is 11.8. The van der Waals surface area contributed by atoms with E-state index in [0.29, 0.717) is 30.4 Å². The molecule has 3 rings (SSSR count). The van der Waals surface area contributed by atoms with Gasteiger partial charge in [-0.2, -0.15) is 0 Å². The SMILES string of the molecule is COCCNC(=O)Nc1cccn2c(C3CCC3)nnc12. The van der Waals surface area contributed by atoms with Crippen molar-refractivity contribution >= 4 is 17.4 Å². The molecule has 2 heterocycles. The fourth-order valence-electron chi connectivity index (χ4n) is 2.41. The monoisotopic (exact) mass is 289 g/mol. The zero-order valence-corrected chi connectivity index (χ0v) is 12.0. The molecule has 0 radical (unpaired) electrons. The third kappa shape index (κ3) is 2.82. The molecule has 2 amide bonds. The van der Waals surface area contributed by atoms with E-state index in [0.717, 1.165) is 18.7 Å². The van der Waals surface area contributed by atoms with Gasteiger partial charge in [0.25, 0.3) is 0 Å². The molecule has 7 nitrogen and oxygen atoms in total. The van der Waals surface area contributed by atoms with Crippen LogP contribution in [0.2, 0.25) is 0 Å². The van der Waals surface area contributed by atoms with E-state index in [1.54, 1.807) is 7.11 Å². The molecule has 2 aromatic heterocycles. The molecular formula is C14H19N5O2. The number of ether oxygens (including phenoxy) is 1. The zero-order chi connectivity index (χ0) is 14.7. The third-order valence-electron chi connectivity index (χ3n) is 3.77. The highest BCUT2D eigenvalue weighted by atomic mass is 16.5. The summed E-state index contributed by atoms with van der Waals surface area (Å²) in [6, 6.07) is 3.45. The van der Waals surface area contributed by atoms with E-state index in [9.17, 15) is 4.79 Å². The summed E-state index contributed by atoms with van der Waals surface area (Å²) in [5.74, 6) is 1.48. The standard InChI is InChI=1S/C14H19N5O2/c1-21-9-7-15-14(20)16-11-6-3-8-19-12(10-4-2-5-10)17-18-13(11)19/h3,6,8,10H,2,4-5,7,9H2,1H3,(H2,15,16,20). The number of rotatable bonds is 5. The highest BCUT2D eigenvalue weighted by Crippen LogP contribution is 2.35. The normalized spacial score (nSPS) is 14.9. The summed E-state index contributed by atoms with van der Waals surface area (Å²) in [6.07, 6.45) is 5.52. The van der Waals surface area contributed by atoms with Crippen LogP contribution in [0, 0.1) is 0 Å². The van der Waals surface area contributed by atoms with E-state index in [1.165, 1.54) is 6.42 Å². The van der Waals surface area contributed by atoms with E-state index < -0.39 is 0 Å². The summed E-state index contributed by atoms with van der Waals surface area (Å²) in [4.78, 5) is 11.8. The average molecular weight is 289 g/mol. The number of nitrogens with one attached hydrogen (secondary N) is 2. The number of carbonyl (C=O) groups is 1. The van der Waals surface area contributed by atoms with E-state index in [2.05, 4.69) is 20.8 Å². The van der Waals surface area contributed by atoms with Crippen LogP contribution in [-0.2, 0) is 4.74 Å². The van der Waals surface area contributed by atoms with Crippen molar-refractivity contribution in [3.8, 4) is 0 Å². The summed E-state index contributed by atoms with van der Waals surface area (Å²) >= 11 is 0. The van der Waals surface area contributed by atoms with Gasteiger partial charge < -0.3 is 15.4 Å². The lowest BCUT2D eigenvalue weighted by Crippen LogP contribution is -2.31. The van der Waals surface area contributed by atoms with Gasteiger partial charge in [-0.05, 0) is 25.0 Å². The van der Waals surface area contributed by atoms with Gasteiger partial charge in [0.2, 0.25) is 0 Å². The molecule has 0 spiro atoms. The van der Waals surface area contributed by atoms with Crippen molar-refractivity contribution in [3.63, 3.8) is 0 Å². The minimum atomic E-state index is -0.270. The number of nitrogens with zero attached hydrogens (tertiary/aromatic N) is 3. The van der Waals surface area contributed by atoms with E-state index in [-0.39, 0.29) is 6.03 Å². The van der Waals surface area contributed by atoms with Crippen LogP contribution in [0.5, 0.6) is 0 Å². The molecule has 0 aliphatic heterocycles. The Balaban J connectivity index is 1.76. The highest BCUT2D eigenvalue weighted by molar-refractivity contribution is 5.92. The summed E-state index contributed by atoms with van der Waals surface area (Å²) in [6.45, 7) is 0.944. The molecular weight excluding hydrogens is 270 g/mol. The Hall–Kier alpha value is -2.15. The molecule has 112 valence electrons. The number of hydrogen-bond acceptors (Lipinski definition) is 4. The molecule has 1 fully saturated rings. The summed E-state index contributed by atoms with van der Waals surface area (Å²) < 4.78 is 6.86. The summed E-state index contributed by atoms with van der Waals surface area (Å²) in [5, 5.41) is 14.0. The van der Waals surface area contributed by atoms with Crippen molar-refractivity contribution in [2.45, 2.75) is 25.2 Å². The second kappa shape index (κ2) is 6.09. The predicted octanol–water partition coefficient (Wildman–Crippen LogP) is 1.76. The van der Waals surface area contributed by atoms with E-state index >= 15 is 0 Å². The number of anilines is 1. The van der Waals surface area contributed by atoms with Gasteiger partial charge in [0.15, 0.2) is 5.65 Å². The zero-order valence-electron chi connectivity index (χ0n) is 12.0. The van der Waals surface area contributed by atoms with Crippen molar-refractivity contribution in [3.05, 3.63) is 24.2 Å². The van der Waals surface area contributed by atoms with Gasteiger partial charge in [0.05, 0.1) is 12.3 Å². The number of carbonyl (C=O) groups excluding carboxylic acids is 1. The molecule has 0 atom stereocenters. The summed E-state index contributed by atoms with van der Waals surface area (Å²) in [5.41, 5.74) is 1.34. The topological polar surface area (TPSA) is 80.5 Å². The quantitative estimate of drug-likeness (QED) is 0.822. The molecule has 0 bridgehead atoms. The van der Waals surface area contributed by atoms with E-state index in [1.807, 2.05) is 22.7 Å². The Morgan fingerprint density at radius 3 is 3.05 bits per heavy atom. The molecule has 0 unspecified atom stereocenters. The van der Waals surface area contributed by atoms with Crippen molar-refractivity contribution in [1.82, 2.24) is 19.9 Å². The number of pyridine rings is 1. The van der Waals surface area contributed by atoms with Crippen LogP contribution in [-0.4, -0.2) is 40.9 Å². The minimum absolute atomic E-state index is 0.270. The maximum Gasteiger partial charge on any atom is 0.319 e. The lowest BCUT2D eigenvalue weighted by molar-refractivity contribution is 0.198. The lowest BCUT2D eigenvalue weighted by Gasteiger charge is -2.23. The van der Waals surface area contributed by atoms with Crippen LogP contribution >= 0.6 is 0 Å². The smallest absolute Gasteiger partial charge is 0.319 e. The Morgan fingerprint density at radius 2 is 2.33 bits per heavy atom. The van der Waals surface area contributed by atoms with Gasteiger partial charge >= 0.3 is 6.03 Å². The molecule has 1 saturated carbocycles. The molecule has 21 heavy (non-hydrogen) atoms. The van der Waals surface area contributed by atoms with Crippen LogP contribution in [0.15, 0.2) is 18.3 Å². The van der Waals surface area contributed by atoms with Gasteiger partial charge in [-0.25, -0.2) is 4.79 Å². The maximum atomic E-state index is 11.8. The fourth-order valence-corrected chi connectivity index (χ4v) is 2.41. The molecule has 2 N–H and O–H groups in total. The average Bonchev–Trinajstić information content (AvgIpc) is 2.82. The number of amides is 2. The number of fused-ring (bicyclic) bond motifs is 1. The first-order valence-electron chi connectivity index (χ1n) is 7.17. The second-order valence-electron chi connectivity index (χ2n) is 5.18. The van der Waals surface area contributed by atoms with Crippen LogP contribution in [0.1, 0.15) is 31.0 Å². The van der Waals surface area contributed by atoms with Gasteiger partial charge in [0, 0.05) is 25.8 Å². The Morgan fingerprint density at radius 1 is 1.48 bits per heavy atom. The largest absolute Gasteiger partial charge is 0.383 e. The van der Waals surface area contributed by atoms with Crippen LogP contribution in [0.25, 0.3) is 5.65 Å². The Labute approximate surface area is 122 Å². The third-order valence-corrected chi connectivity index (χ3v) is 3.77. The molecule has 0 saturated heterocycles. The van der Waals surface area contributed by atoms with Crippen molar-refractivity contribution in [1.29, 1.82) is 0 Å². The van der Waals surface area contributed by atoms with Crippen molar-refractivity contribution in [2.75, 3.05) is 25.6 Å². The van der Waals surface area contributed by atoms with Gasteiger partial charge in [0.1, 0.15) is 5.82 Å². The Bertz CT molecular complexity index is 635. The number of aromatic nitrogens is 3. The minimum Gasteiger partial charge on any atom is -0.383 e. The van der Waals surface area contributed by atoms with Crippen LogP contribution < -0.4 is 10.6 Å². The van der Waals surface area contributed by atoms with Gasteiger partial charge in [-0.15, -0.1) is 10.2 Å². The second-order valence-corrected chi connectivity index (χ2v) is 5.18. The number of urea groups is 1. The molecule has 7 heteroatoms. The van der Waals surface area contributed by atoms with Crippen LogP contribution in [0.4, 0.5) is 10.5 Å². The molecule has 1 aliphatic rings. The first-order chi connectivity index (χ1) is 10.3. The van der Waals surface area contributed by atoms with Crippen molar-refractivity contribution in [2.24, 2.45) is 0 Å². The number of methoxy groups -OCH3 is 1. The van der Waals surface area contributed by atoms with Crippen molar-refractivity contribution < 1.29 is 9.53 Å². The Kier molecular flexibility index (Phi) is 4.01. The molecule has 0 aromatic carbocycles. The van der Waals surface area contributed by atoms with E-state index in [4.69, 9.17) is 4.74 Å². The lowest BCUT2D eigenvalue weighted by atomic mass is 9.85. The highest BCUT2D eigenvalue weighted by Gasteiger charge is 2.25. The molecule has 2 aromatic rings. The summed E-state index contributed by atoms with van der Waals surface area (Å²) in [7, 11) is 1.60. The van der Waals surface area contributed by atoms with Gasteiger partial charge in [-0.3, -0.25) is 4.40 Å². The first kappa shape index (κ1) is 13.8. The number of hydrogen-bond donors (Lipinski definition) is 2. The van der Waals surface area contributed by atoms with Gasteiger partial charge in [-0.1, -0.05) is 6.42 Å². The fraction of sp³-hybridized carbons (Fsp3) is 0.500. The first-order valence-corrected chi connectivity index (χ1v) is 7.17.